The monoisotopic (exact) mass is 434 g/mol. The van der Waals surface area contributed by atoms with Crippen LogP contribution in [0.15, 0.2) is 47.4 Å². The number of fused-ring (bicyclic) bond motifs is 3. The quantitative estimate of drug-likeness (QED) is 0.566. The fraction of sp³-hybridized carbons (Fsp3) is 0.364. The van der Waals surface area contributed by atoms with Crippen molar-refractivity contribution in [2.45, 2.75) is 49.8 Å². The molecule has 3 aromatic rings. The minimum absolute atomic E-state index is 0.243. The van der Waals surface area contributed by atoms with Crippen molar-refractivity contribution in [3.8, 4) is 0 Å². The molecule has 0 N–H and O–H groups in total. The first-order chi connectivity index (χ1) is 14.2. The maximum absolute atomic E-state index is 13.4. The van der Waals surface area contributed by atoms with Gasteiger partial charge in [0, 0.05) is 29.7 Å². The Labute approximate surface area is 173 Å². The van der Waals surface area contributed by atoms with Crippen LogP contribution in [0.1, 0.15) is 41.3 Å². The van der Waals surface area contributed by atoms with E-state index in [0.717, 1.165) is 53.2 Å². The van der Waals surface area contributed by atoms with Gasteiger partial charge in [-0.2, -0.15) is 17.5 Å². The number of sulfonamides is 1. The average Bonchev–Trinajstić information content (AvgIpc) is 3.02. The van der Waals surface area contributed by atoms with Crippen LogP contribution < -0.4 is 0 Å². The molecule has 0 amide bonds. The molecule has 1 aromatic heterocycles. The lowest BCUT2D eigenvalue weighted by Gasteiger charge is -2.39. The Bertz CT molecular complexity index is 1260. The van der Waals surface area contributed by atoms with Gasteiger partial charge in [0.25, 0.3) is 0 Å². The second kappa shape index (κ2) is 6.59. The Morgan fingerprint density at radius 3 is 2.63 bits per heavy atom. The van der Waals surface area contributed by atoms with Gasteiger partial charge in [0.2, 0.25) is 10.0 Å². The van der Waals surface area contributed by atoms with Crippen LogP contribution in [0.4, 0.5) is 13.2 Å². The predicted octanol–water partition coefficient (Wildman–Crippen LogP) is 5.05. The van der Waals surface area contributed by atoms with Crippen LogP contribution >= 0.6 is 0 Å². The van der Waals surface area contributed by atoms with Crippen molar-refractivity contribution in [1.29, 1.82) is 0 Å². The maximum Gasteiger partial charge on any atom is 0.416 e. The molecular formula is C22H21F3N2O2S. The zero-order valence-corrected chi connectivity index (χ0v) is 17.2. The molecular weight excluding hydrogens is 413 g/mol. The minimum Gasteiger partial charge on any atom is -0.341 e. The van der Waals surface area contributed by atoms with Crippen LogP contribution in [-0.4, -0.2) is 23.8 Å². The number of benzene rings is 2. The highest BCUT2D eigenvalue weighted by Gasteiger charge is 2.41. The summed E-state index contributed by atoms with van der Waals surface area (Å²) in [4.78, 5) is -0.301. The first-order valence-electron chi connectivity index (χ1n) is 9.98. The third-order valence-corrected chi connectivity index (χ3v) is 8.15. The maximum atomic E-state index is 13.4. The van der Waals surface area contributed by atoms with Crippen LogP contribution in [0.25, 0.3) is 10.9 Å². The lowest BCUT2D eigenvalue weighted by Crippen LogP contribution is -2.43. The summed E-state index contributed by atoms with van der Waals surface area (Å²) >= 11 is 0. The molecule has 5 rings (SSSR count). The molecule has 1 aliphatic carbocycles. The largest absolute Gasteiger partial charge is 0.416 e. The highest BCUT2D eigenvalue weighted by Crippen LogP contribution is 2.44. The lowest BCUT2D eigenvalue weighted by molar-refractivity contribution is -0.137. The van der Waals surface area contributed by atoms with Gasteiger partial charge in [-0.1, -0.05) is 17.7 Å². The number of aryl methyl sites for hydroxylation is 2. The van der Waals surface area contributed by atoms with Gasteiger partial charge in [0.15, 0.2) is 0 Å². The standard InChI is InChI=1S/C22H21F3N2O2S/c1-14-8-9-19-18(12-14)17-6-3-7-20-21(17)26(19)10-11-27(20)30(28,29)16-5-2-4-15(13-16)22(23,24)25/h2,4-5,8-9,12-13,20H,3,6-7,10-11H2,1H3/t20-/m0/s1. The highest BCUT2D eigenvalue weighted by molar-refractivity contribution is 7.89. The summed E-state index contributed by atoms with van der Waals surface area (Å²) in [5.41, 5.74) is 3.48. The van der Waals surface area contributed by atoms with E-state index in [1.807, 2.05) is 6.92 Å². The van der Waals surface area contributed by atoms with Crippen LogP contribution in [0.3, 0.4) is 0 Å². The number of halogens is 3. The van der Waals surface area contributed by atoms with Crippen molar-refractivity contribution in [2.75, 3.05) is 6.54 Å². The van der Waals surface area contributed by atoms with E-state index in [2.05, 4.69) is 22.8 Å². The molecule has 1 aliphatic heterocycles. The smallest absolute Gasteiger partial charge is 0.341 e. The Morgan fingerprint density at radius 2 is 1.87 bits per heavy atom. The second-order valence-electron chi connectivity index (χ2n) is 8.09. The summed E-state index contributed by atoms with van der Waals surface area (Å²) in [7, 11) is -4.06. The molecule has 158 valence electrons. The Kier molecular flexibility index (Phi) is 4.31. The minimum atomic E-state index is -4.59. The molecule has 4 nitrogen and oxygen atoms in total. The van der Waals surface area contributed by atoms with Gasteiger partial charge in [0.1, 0.15) is 0 Å². The van der Waals surface area contributed by atoms with E-state index < -0.39 is 21.8 Å². The SMILES string of the molecule is Cc1ccc2c(c1)c1c3n2CCN(S(=O)(=O)c2cccc(C(F)(F)F)c2)[C@H]3CCC1. The molecule has 0 fully saturated rings. The fourth-order valence-electron chi connectivity index (χ4n) is 4.94. The molecule has 0 unspecified atom stereocenters. The molecule has 30 heavy (non-hydrogen) atoms. The van der Waals surface area contributed by atoms with Crippen molar-refractivity contribution < 1.29 is 21.6 Å². The molecule has 2 heterocycles. The molecule has 0 saturated heterocycles. The van der Waals surface area contributed by atoms with Crippen molar-refractivity contribution in [3.05, 3.63) is 64.8 Å². The number of nitrogens with zero attached hydrogens (tertiary/aromatic N) is 2. The van der Waals surface area contributed by atoms with Crippen LogP contribution in [0.5, 0.6) is 0 Å². The molecule has 1 atom stereocenters. The van der Waals surface area contributed by atoms with Gasteiger partial charge in [0.05, 0.1) is 16.5 Å². The van der Waals surface area contributed by atoms with Crippen LogP contribution in [0, 0.1) is 6.92 Å². The highest BCUT2D eigenvalue weighted by atomic mass is 32.2. The van der Waals surface area contributed by atoms with Crippen LogP contribution in [0.2, 0.25) is 0 Å². The van der Waals surface area contributed by atoms with Gasteiger partial charge in [-0.3, -0.25) is 0 Å². The van der Waals surface area contributed by atoms with Gasteiger partial charge in [-0.25, -0.2) is 8.42 Å². The van der Waals surface area contributed by atoms with Crippen LogP contribution in [-0.2, 0) is 29.2 Å². The van der Waals surface area contributed by atoms with Gasteiger partial charge >= 0.3 is 6.18 Å². The lowest BCUT2D eigenvalue weighted by atomic mass is 9.90. The van der Waals surface area contributed by atoms with E-state index in [0.29, 0.717) is 13.0 Å². The third-order valence-electron chi connectivity index (χ3n) is 6.25. The first kappa shape index (κ1) is 19.6. The summed E-state index contributed by atoms with van der Waals surface area (Å²) in [6.45, 7) is 2.77. The topological polar surface area (TPSA) is 42.3 Å². The van der Waals surface area contributed by atoms with Crippen molar-refractivity contribution in [3.63, 3.8) is 0 Å². The average molecular weight is 434 g/mol. The Morgan fingerprint density at radius 1 is 1.07 bits per heavy atom. The van der Waals surface area contributed by atoms with E-state index in [1.54, 1.807) is 0 Å². The molecule has 0 radical (unpaired) electrons. The normalized spacial score (nSPS) is 19.8. The molecule has 8 heteroatoms. The molecule has 0 spiro atoms. The van der Waals surface area contributed by atoms with E-state index >= 15 is 0 Å². The van der Waals surface area contributed by atoms with Gasteiger partial charge < -0.3 is 4.57 Å². The molecule has 0 bridgehead atoms. The van der Waals surface area contributed by atoms with Gasteiger partial charge in [-0.05, 0) is 62.1 Å². The predicted molar refractivity (Wildman–Crippen MR) is 108 cm³/mol. The number of hydrogen-bond donors (Lipinski definition) is 0. The van der Waals surface area contributed by atoms with E-state index in [9.17, 15) is 21.6 Å². The zero-order valence-electron chi connectivity index (χ0n) is 16.4. The number of aromatic nitrogens is 1. The summed E-state index contributed by atoms with van der Waals surface area (Å²) in [5, 5.41) is 1.16. The molecule has 2 aliphatic rings. The zero-order chi connectivity index (χ0) is 21.3. The second-order valence-corrected chi connectivity index (χ2v) is 9.98. The first-order valence-corrected chi connectivity index (χ1v) is 11.4. The van der Waals surface area contributed by atoms with E-state index in [1.165, 1.54) is 15.9 Å². The fourth-order valence-corrected chi connectivity index (χ4v) is 6.60. The Balaban J connectivity index is 1.63. The Hall–Kier alpha value is -2.32. The van der Waals surface area contributed by atoms with Gasteiger partial charge in [-0.15, -0.1) is 0 Å². The number of hydrogen-bond acceptors (Lipinski definition) is 2. The number of alkyl halides is 3. The molecule has 0 saturated carbocycles. The third kappa shape index (κ3) is 2.88. The van der Waals surface area contributed by atoms with E-state index in [4.69, 9.17) is 0 Å². The summed E-state index contributed by atoms with van der Waals surface area (Å²) < 4.78 is 69.8. The summed E-state index contributed by atoms with van der Waals surface area (Å²) in [6, 6.07) is 9.97. The van der Waals surface area contributed by atoms with Crippen molar-refractivity contribution in [1.82, 2.24) is 8.87 Å². The van der Waals surface area contributed by atoms with Crippen molar-refractivity contribution >= 4 is 20.9 Å². The summed E-state index contributed by atoms with van der Waals surface area (Å²) in [5.74, 6) is 0. The van der Waals surface area contributed by atoms with E-state index in [-0.39, 0.29) is 17.5 Å². The number of rotatable bonds is 2. The molecule has 2 aromatic carbocycles. The van der Waals surface area contributed by atoms with Crippen molar-refractivity contribution in [2.24, 2.45) is 0 Å². The summed E-state index contributed by atoms with van der Waals surface area (Å²) in [6.07, 6.45) is -2.19.